The summed E-state index contributed by atoms with van der Waals surface area (Å²) in [6.45, 7) is 2.05. The number of halogens is 2. The van der Waals surface area contributed by atoms with E-state index < -0.39 is 0 Å². The maximum Gasteiger partial charge on any atom is 0.171 e. The van der Waals surface area contributed by atoms with Gasteiger partial charge >= 0.3 is 0 Å². The van der Waals surface area contributed by atoms with Gasteiger partial charge in [0.1, 0.15) is 5.82 Å². The van der Waals surface area contributed by atoms with Crippen molar-refractivity contribution in [1.29, 1.82) is 0 Å². The van der Waals surface area contributed by atoms with Gasteiger partial charge in [-0.15, -0.1) is 11.3 Å². The summed E-state index contributed by atoms with van der Waals surface area (Å²) in [4.78, 5) is 10.7. The minimum Gasteiger partial charge on any atom is -0.383 e. The van der Waals surface area contributed by atoms with Crippen LogP contribution in [0.15, 0.2) is 16.7 Å². The number of nitrogen functional groups attached to an aromatic ring is 1. The van der Waals surface area contributed by atoms with E-state index in [1.165, 1.54) is 4.88 Å². The number of nitrogens with zero attached hydrogens (tertiary/aromatic N) is 2. The number of nitrogens with two attached hydrogens (primary N) is 1. The molecule has 2 aromatic heterocycles. The lowest BCUT2D eigenvalue weighted by Crippen LogP contribution is -1.97. The van der Waals surface area contributed by atoms with Crippen LogP contribution in [0.2, 0.25) is 0 Å². The van der Waals surface area contributed by atoms with Crippen LogP contribution in [-0.4, -0.2) is 9.97 Å². The second kappa shape index (κ2) is 4.34. The molecule has 0 aliphatic rings. The molecule has 0 amide bonds. The maximum atomic E-state index is 5.74. The highest BCUT2D eigenvalue weighted by molar-refractivity contribution is 14.1. The van der Waals surface area contributed by atoms with Gasteiger partial charge in [0.05, 0.1) is 8.45 Å². The summed E-state index contributed by atoms with van der Waals surface area (Å²) < 4.78 is 1.96. The number of rotatable bonds is 1. The first-order valence-corrected chi connectivity index (χ1v) is 6.81. The standard InChI is InChI=1S/C9H7BrIN3S/c1-4-5(10)2-7(15-4)9-13-3-6(11)8(12)14-9/h2-3H,1H3,(H2,12,13,14). The Morgan fingerprint density at radius 1 is 1.53 bits per heavy atom. The van der Waals surface area contributed by atoms with E-state index in [0.717, 1.165) is 12.9 Å². The van der Waals surface area contributed by atoms with Crippen LogP contribution in [0.4, 0.5) is 5.82 Å². The molecule has 6 heteroatoms. The molecule has 0 bridgehead atoms. The first-order chi connectivity index (χ1) is 7.08. The van der Waals surface area contributed by atoms with Gasteiger partial charge in [0, 0.05) is 15.5 Å². The molecule has 2 heterocycles. The zero-order valence-corrected chi connectivity index (χ0v) is 12.4. The third-order valence-corrected chi connectivity index (χ3v) is 4.81. The monoisotopic (exact) mass is 395 g/mol. The van der Waals surface area contributed by atoms with Crippen molar-refractivity contribution < 1.29 is 0 Å². The molecular formula is C9H7BrIN3S. The lowest BCUT2D eigenvalue weighted by atomic mass is 10.4. The average Bonchev–Trinajstić information content (AvgIpc) is 2.52. The molecular weight excluding hydrogens is 389 g/mol. The van der Waals surface area contributed by atoms with Gasteiger partial charge in [-0.2, -0.15) is 0 Å². The van der Waals surface area contributed by atoms with Gasteiger partial charge < -0.3 is 5.73 Å². The van der Waals surface area contributed by atoms with Gasteiger partial charge in [-0.3, -0.25) is 0 Å². The molecule has 0 saturated carbocycles. The molecule has 0 aliphatic heterocycles. The van der Waals surface area contributed by atoms with Crippen LogP contribution in [0.3, 0.4) is 0 Å². The molecule has 0 fully saturated rings. The fraction of sp³-hybridized carbons (Fsp3) is 0.111. The minimum atomic E-state index is 0.530. The number of aromatic nitrogens is 2. The van der Waals surface area contributed by atoms with Gasteiger partial charge in [0.2, 0.25) is 0 Å². The van der Waals surface area contributed by atoms with Crippen LogP contribution < -0.4 is 5.73 Å². The predicted molar refractivity (Wildman–Crippen MR) is 74.9 cm³/mol. The smallest absolute Gasteiger partial charge is 0.171 e. The van der Waals surface area contributed by atoms with Gasteiger partial charge in [0.25, 0.3) is 0 Å². The second-order valence-corrected chi connectivity index (χ2v) is 6.21. The third-order valence-electron chi connectivity index (χ3n) is 1.85. The highest BCUT2D eigenvalue weighted by Gasteiger charge is 2.09. The molecule has 0 unspecified atom stereocenters. The summed E-state index contributed by atoms with van der Waals surface area (Å²) >= 11 is 7.24. The Kier molecular flexibility index (Phi) is 3.27. The van der Waals surface area contributed by atoms with Crippen LogP contribution in [-0.2, 0) is 0 Å². The zero-order chi connectivity index (χ0) is 11.0. The molecule has 0 aliphatic carbocycles. The fourth-order valence-corrected chi connectivity index (χ4v) is 2.80. The highest BCUT2D eigenvalue weighted by atomic mass is 127. The summed E-state index contributed by atoms with van der Waals surface area (Å²) in [5, 5.41) is 0. The molecule has 2 rings (SSSR count). The Morgan fingerprint density at radius 3 is 2.80 bits per heavy atom. The Balaban J connectivity index is 2.49. The largest absolute Gasteiger partial charge is 0.383 e. The van der Waals surface area contributed by atoms with E-state index in [1.54, 1.807) is 17.5 Å². The molecule has 0 atom stereocenters. The van der Waals surface area contributed by atoms with Crippen LogP contribution in [0, 0.1) is 10.5 Å². The molecule has 2 aromatic rings. The van der Waals surface area contributed by atoms with E-state index in [4.69, 9.17) is 5.73 Å². The Morgan fingerprint density at radius 2 is 2.27 bits per heavy atom. The van der Waals surface area contributed by atoms with Gasteiger partial charge in [-0.05, 0) is 51.5 Å². The average molecular weight is 396 g/mol. The van der Waals surface area contributed by atoms with E-state index in [-0.39, 0.29) is 0 Å². The predicted octanol–water partition coefficient (Wildman–Crippen LogP) is 3.46. The first-order valence-electron chi connectivity index (χ1n) is 4.12. The van der Waals surface area contributed by atoms with E-state index in [0.29, 0.717) is 11.6 Å². The number of hydrogen-bond acceptors (Lipinski definition) is 4. The number of thiophene rings is 1. The maximum absolute atomic E-state index is 5.74. The van der Waals surface area contributed by atoms with Crippen molar-refractivity contribution in [3.8, 4) is 10.7 Å². The van der Waals surface area contributed by atoms with E-state index in [2.05, 4.69) is 48.5 Å². The topological polar surface area (TPSA) is 51.8 Å². The first kappa shape index (κ1) is 11.3. The number of hydrogen-bond donors (Lipinski definition) is 1. The highest BCUT2D eigenvalue weighted by Crippen LogP contribution is 2.32. The van der Waals surface area contributed by atoms with Crippen LogP contribution in [0.25, 0.3) is 10.7 Å². The summed E-state index contributed by atoms with van der Waals surface area (Å²) in [5.41, 5.74) is 5.74. The van der Waals surface area contributed by atoms with Gasteiger partial charge in [-0.1, -0.05) is 0 Å². The lowest BCUT2D eigenvalue weighted by molar-refractivity contribution is 1.18. The van der Waals surface area contributed by atoms with E-state index >= 15 is 0 Å². The van der Waals surface area contributed by atoms with Gasteiger partial charge in [0.15, 0.2) is 5.82 Å². The Bertz CT molecular complexity index is 493. The number of aryl methyl sites for hydroxylation is 1. The van der Waals surface area contributed by atoms with Crippen LogP contribution >= 0.6 is 49.9 Å². The minimum absolute atomic E-state index is 0.530. The Hall–Kier alpha value is -0.210. The molecule has 15 heavy (non-hydrogen) atoms. The number of anilines is 1. The van der Waals surface area contributed by atoms with Crippen LogP contribution in [0.5, 0.6) is 0 Å². The molecule has 2 N–H and O–H groups in total. The van der Waals surface area contributed by atoms with Crippen molar-refractivity contribution in [2.24, 2.45) is 0 Å². The SMILES string of the molecule is Cc1sc(-c2ncc(I)c(N)n2)cc1Br. The van der Waals surface area contributed by atoms with Crippen molar-refractivity contribution in [2.45, 2.75) is 6.92 Å². The molecule has 3 nitrogen and oxygen atoms in total. The summed E-state index contributed by atoms with van der Waals surface area (Å²) in [6.07, 6.45) is 1.74. The Labute approximate surface area is 113 Å². The normalized spacial score (nSPS) is 10.6. The van der Waals surface area contributed by atoms with Crippen molar-refractivity contribution in [2.75, 3.05) is 5.73 Å². The summed E-state index contributed by atoms with van der Waals surface area (Å²) in [5.74, 6) is 1.22. The van der Waals surface area contributed by atoms with Gasteiger partial charge in [-0.25, -0.2) is 9.97 Å². The van der Waals surface area contributed by atoms with Crippen molar-refractivity contribution in [3.63, 3.8) is 0 Å². The van der Waals surface area contributed by atoms with Crippen molar-refractivity contribution >= 4 is 55.7 Å². The van der Waals surface area contributed by atoms with Crippen molar-refractivity contribution in [3.05, 3.63) is 25.2 Å². The van der Waals surface area contributed by atoms with Crippen molar-refractivity contribution in [1.82, 2.24) is 9.97 Å². The summed E-state index contributed by atoms with van der Waals surface area (Å²) in [6, 6.07) is 2.02. The molecule has 0 saturated heterocycles. The fourth-order valence-electron chi connectivity index (χ4n) is 1.07. The lowest BCUT2D eigenvalue weighted by Gasteiger charge is -1.99. The van der Waals surface area contributed by atoms with Crippen LogP contribution in [0.1, 0.15) is 4.88 Å². The van der Waals surface area contributed by atoms with E-state index in [1.807, 2.05) is 13.0 Å². The molecule has 0 aromatic carbocycles. The quantitative estimate of drug-likeness (QED) is 0.752. The second-order valence-electron chi connectivity index (χ2n) is 2.94. The molecule has 78 valence electrons. The third kappa shape index (κ3) is 2.31. The summed E-state index contributed by atoms with van der Waals surface area (Å²) in [7, 11) is 0. The molecule has 0 spiro atoms. The molecule has 0 radical (unpaired) electrons. The zero-order valence-electron chi connectivity index (χ0n) is 7.79. The van der Waals surface area contributed by atoms with E-state index in [9.17, 15) is 0 Å².